The van der Waals surface area contributed by atoms with Crippen molar-refractivity contribution in [2.45, 2.75) is 24.9 Å². The van der Waals surface area contributed by atoms with Crippen LogP contribution in [0.15, 0.2) is 36.7 Å². The maximum absolute atomic E-state index is 12.5. The average Bonchev–Trinajstić information content (AvgIpc) is 3.00. The number of aliphatic hydroxyl groups is 1. The Labute approximate surface area is 140 Å². The van der Waals surface area contributed by atoms with E-state index < -0.39 is 6.10 Å². The average molecular weight is 334 g/mol. The number of carbonyl (C=O) groups is 1. The predicted molar refractivity (Wildman–Crippen MR) is 88.2 cm³/mol. The lowest BCUT2D eigenvalue weighted by molar-refractivity contribution is -0.141. The van der Waals surface area contributed by atoms with Crippen LogP contribution in [0.3, 0.4) is 0 Å². The molecule has 1 aromatic heterocycles. The van der Waals surface area contributed by atoms with Gasteiger partial charge >= 0.3 is 0 Å². The molecule has 1 amide bonds. The smallest absolute Gasteiger partial charge is 0.256 e. The topological polar surface area (TPSA) is 58.4 Å². The van der Waals surface area contributed by atoms with Crippen LogP contribution in [0.25, 0.3) is 0 Å². The third kappa shape index (κ3) is 3.26. The van der Waals surface area contributed by atoms with Gasteiger partial charge in [-0.3, -0.25) is 4.79 Å². The van der Waals surface area contributed by atoms with Crippen molar-refractivity contribution in [2.24, 2.45) is 7.05 Å². The number of amides is 1. The standard InChI is InChI=1S/C17H20ClN3O2/c1-20-11-8-19-16(20)12-6-9-21(10-7-12)17(23)15(22)13-4-2-3-5-14(13)18/h2-5,8,11-12,15,22H,6-7,9-10H2,1H3/t15-/m1/s1. The molecule has 1 aromatic carbocycles. The van der Waals surface area contributed by atoms with Crippen LogP contribution in [0, 0.1) is 0 Å². The summed E-state index contributed by atoms with van der Waals surface area (Å²) in [6.07, 6.45) is 4.24. The van der Waals surface area contributed by atoms with Crippen LogP contribution in [0.2, 0.25) is 5.02 Å². The van der Waals surface area contributed by atoms with Crippen molar-refractivity contribution in [3.05, 3.63) is 53.1 Å². The summed E-state index contributed by atoms with van der Waals surface area (Å²) in [7, 11) is 1.99. The number of nitrogens with zero attached hydrogens (tertiary/aromatic N) is 3. The van der Waals surface area contributed by atoms with E-state index in [-0.39, 0.29) is 5.91 Å². The van der Waals surface area contributed by atoms with Crippen molar-refractivity contribution < 1.29 is 9.90 Å². The number of rotatable bonds is 3. The number of hydrogen-bond donors (Lipinski definition) is 1. The van der Waals surface area contributed by atoms with E-state index in [0.29, 0.717) is 29.6 Å². The van der Waals surface area contributed by atoms with Crippen LogP contribution in [-0.2, 0) is 11.8 Å². The molecule has 23 heavy (non-hydrogen) atoms. The first-order chi connectivity index (χ1) is 11.1. The van der Waals surface area contributed by atoms with Crippen LogP contribution in [-0.4, -0.2) is 38.6 Å². The second kappa shape index (κ2) is 6.72. The maximum Gasteiger partial charge on any atom is 0.256 e. The lowest BCUT2D eigenvalue weighted by Crippen LogP contribution is -2.41. The summed E-state index contributed by atoms with van der Waals surface area (Å²) in [4.78, 5) is 18.6. The number of carbonyl (C=O) groups excluding carboxylic acids is 1. The summed E-state index contributed by atoms with van der Waals surface area (Å²) >= 11 is 6.07. The normalized spacial score (nSPS) is 17.3. The monoisotopic (exact) mass is 333 g/mol. The fourth-order valence-electron chi connectivity index (χ4n) is 3.13. The third-order valence-electron chi connectivity index (χ3n) is 4.46. The van der Waals surface area contributed by atoms with Gasteiger partial charge in [-0.2, -0.15) is 0 Å². The molecule has 1 N–H and O–H groups in total. The predicted octanol–water partition coefficient (Wildman–Crippen LogP) is 2.51. The van der Waals surface area contributed by atoms with E-state index in [1.165, 1.54) is 0 Å². The van der Waals surface area contributed by atoms with Crippen LogP contribution in [0.5, 0.6) is 0 Å². The van der Waals surface area contributed by atoms with Gasteiger partial charge in [0.15, 0.2) is 6.10 Å². The van der Waals surface area contributed by atoms with E-state index in [4.69, 9.17) is 11.6 Å². The summed E-state index contributed by atoms with van der Waals surface area (Å²) in [6.45, 7) is 1.25. The highest BCUT2D eigenvalue weighted by Gasteiger charge is 2.30. The van der Waals surface area contributed by atoms with E-state index in [2.05, 4.69) is 4.98 Å². The Morgan fingerprint density at radius 2 is 2.04 bits per heavy atom. The zero-order valence-corrected chi connectivity index (χ0v) is 13.8. The number of benzene rings is 1. The second-order valence-corrected chi connectivity index (χ2v) is 6.33. The molecule has 0 unspecified atom stereocenters. The molecule has 1 aliphatic heterocycles. The minimum Gasteiger partial charge on any atom is -0.378 e. The van der Waals surface area contributed by atoms with Crippen molar-refractivity contribution >= 4 is 17.5 Å². The van der Waals surface area contributed by atoms with E-state index in [1.54, 1.807) is 35.4 Å². The molecule has 2 aromatic rings. The van der Waals surface area contributed by atoms with E-state index >= 15 is 0 Å². The number of imidazole rings is 1. The summed E-state index contributed by atoms with van der Waals surface area (Å²) in [5.74, 6) is 1.14. The van der Waals surface area contributed by atoms with Gasteiger partial charge in [0.1, 0.15) is 5.82 Å². The van der Waals surface area contributed by atoms with Gasteiger partial charge in [-0.05, 0) is 18.9 Å². The van der Waals surface area contributed by atoms with Crippen molar-refractivity contribution in [3.63, 3.8) is 0 Å². The van der Waals surface area contributed by atoms with E-state index in [1.807, 2.05) is 17.8 Å². The van der Waals surface area contributed by atoms with Gasteiger partial charge in [0.05, 0.1) is 0 Å². The molecule has 0 aliphatic carbocycles. The number of hydrogen-bond acceptors (Lipinski definition) is 3. The van der Waals surface area contributed by atoms with Gasteiger partial charge in [0.25, 0.3) is 5.91 Å². The summed E-state index contributed by atoms with van der Waals surface area (Å²) < 4.78 is 2.03. The van der Waals surface area contributed by atoms with Gasteiger partial charge < -0.3 is 14.6 Å². The summed E-state index contributed by atoms with van der Waals surface area (Å²) in [6, 6.07) is 6.92. The molecule has 0 radical (unpaired) electrons. The number of aryl methyl sites for hydroxylation is 1. The number of piperidine rings is 1. The molecule has 2 heterocycles. The molecule has 6 heteroatoms. The Kier molecular flexibility index (Phi) is 4.68. The molecule has 122 valence electrons. The van der Waals surface area contributed by atoms with Crippen molar-refractivity contribution in [1.29, 1.82) is 0 Å². The molecule has 1 saturated heterocycles. The van der Waals surface area contributed by atoms with Crippen molar-refractivity contribution in [2.75, 3.05) is 13.1 Å². The van der Waals surface area contributed by atoms with Crippen LogP contribution in [0.1, 0.15) is 36.3 Å². The van der Waals surface area contributed by atoms with Gasteiger partial charge in [-0.25, -0.2) is 4.98 Å². The zero-order valence-electron chi connectivity index (χ0n) is 13.0. The summed E-state index contributed by atoms with van der Waals surface area (Å²) in [5.41, 5.74) is 0.463. The first-order valence-electron chi connectivity index (χ1n) is 7.76. The van der Waals surface area contributed by atoms with Gasteiger partial charge in [0, 0.05) is 49.0 Å². The molecular formula is C17H20ClN3O2. The van der Waals surface area contributed by atoms with Crippen LogP contribution in [0.4, 0.5) is 0 Å². The molecule has 0 spiro atoms. The second-order valence-electron chi connectivity index (χ2n) is 5.92. The van der Waals surface area contributed by atoms with Crippen molar-refractivity contribution in [3.8, 4) is 0 Å². The summed E-state index contributed by atoms with van der Waals surface area (Å²) in [5, 5.41) is 10.7. The fraction of sp³-hybridized carbons (Fsp3) is 0.412. The lowest BCUT2D eigenvalue weighted by Gasteiger charge is -2.33. The van der Waals surface area contributed by atoms with Gasteiger partial charge in [0.2, 0.25) is 0 Å². The largest absolute Gasteiger partial charge is 0.378 e. The van der Waals surface area contributed by atoms with Gasteiger partial charge in [-0.1, -0.05) is 29.8 Å². The number of aliphatic hydroxyl groups excluding tert-OH is 1. The zero-order chi connectivity index (χ0) is 16.4. The van der Waals surface area contributed by atoms with E-state index in [0.717, 1.165) is 18.7 Å². The number of aromatic nitrogens is 2. The van der Waals surface area contributed by atoms with Crippen LogP contribution < -0.4 is 0 Å². The SMILES string of the molecule is Cn1ccnc1C1CCN(C(=O)[C@H](O)c2ccccc2Cl)CC1. The highest BCUT2D eigenvalue weighted by atomic mass is 35.5. The first-order valence-corrected chi connectivity index (χ1v) is 8.14. The Balaban J connectivity index is 1.64. The first kappa shape index (κ1) is 16.0. The minimum atomic E-state index is -1.20. The fourth-order valence-corrected chi connectivity index (χ4v) is 3.37. The molecule has 5 nitrogen and oxygen atoms in total. The Hall–Kier alpha value is -1.85. The number of halogens is 1. The molecule has 1 atom stereocenters. The molecule has 1 aliphatic rings. The Morgan fingerprint density at radius 1 is 1.35 bits per heavy atom. The molecule has 0 saturated carbocycles. The number of likely N-dealkylation sites (tertiary alicyclic amines) is 1. The maximum atomic E-state index is 12.5. The molecule has 0 bridgehead atoms. The molecular weight excluding hydrogens is 314 g/mol. The quantitative estimate of drug-likeness (QED) is 0.939. The third-order valence-corrected chi connectivity index (χ3v) is 4.81. The highest BCUT2D eigenvalue weighted by molar-refractivity contribution is 6.31. The van der Waals surface area contributed by atoms with Gasteiger partial charge in [-0.15, -0.1) is 0 Å². The minimum absolute atomic E-state index is 0.281. The lowest BCUT2D eigenvalue weighted by atomic mass is 9.95. The molecule has 3 rings (SSSR count). The van der Waals surface area contributed by atoms with E-state index in [9.17, 15) is 9.90 Å². The highest BCUT2D eigenvalue weighted by Crippen LogP contribution is 2.29. The molecule has 1 fully saturated rings. The van der Waals surface area contributed by atoms with Crippen LogP contribution >= 0.6 is 11.6 Å². The van der Waals surface area contributed by atoms with Crippen molar-refractivity contribution in [1.82, 2.24) is 14.5 Å². The Bertz CT molecular complexity index is 693. The Morgan fingerprint density at radius 3 is 2.65 bits per heavy atom.